The van der Waals surface area contributed by atoms with Crippen LogP contribution in [0.25, 0.3) is 11.1 Å². The Morgan fingerprint density at radius 1 is 1.19 bits per heavy atom. The standard InChI is InChI=1S/C17H17NO3/c1-12-4-2-5-13(8-12)14-6-3-7-15(9-14)17(20)18-10-16(19)11-21-18/h2-9,16,19H,10-11H2,1H3. The molecule has 4 nitrogen and oxygen atoms in total. The number of hydroxylamine groups is 2. The van der Waals surface area contributed by atoms with Crippen molar-refractivity contribution in [2.24, 2.45) is 0 Å². The molecule has 2 aromatic rings. The largest absolute Gasteiger partial charge is 0.389 e. The predicted octanol–water partition coefficient (Wildman–Crippen LogP) is 2.41. The molecule has 108 valence electrons. The lowest BCUT2D eigenvalue weighted by Crippen LogP contribution is -2.28. The van der Waals surface area contributed by atoms with Crippen molar-refractivity contribution in [3.8, 4) is 11.1 Å². The second-order valence-electron chi connectivity index (χ2n) is 5.27. The molecule has 1 unspecified atom stereocenters. The number of nitrogens with zero attached hydrogens (tertiary/aromatic N) is 1. The fraction of sp³-hybridized carbons (Fsp3) is 0.235. The molecular formula is C17H17NO3. The molecule has 21 heavy (non-hydrogen) atoms. The summed E-state index contributed by atoms with van der Waals surface area (Å²) in [4.78, 5) is 17.5. The van der Waals surface area contributed by atoms with Crippen molar-refractivity contribution in [1.29, 1.82) is 0 Å². The van der Waals surface area contributed by atoms with Gasteiger partial charge in [0.25, 0.3) is 5.91 Å². The minimum absolute atomic E-state index is 0.170. The van der Waals surface area contributed by atoms with Gasteiger partial charge in [-0.1, -0.05) is 42.0 Å². The lowest BCUT2D eigenvalue weighted by Gasteiger charge is -2.14. The van der Waals surface area contributed by atoms with Crippen LogP contribution in [0, 0.1) is 6.92 Å². The Hall–Kier alpha value is -2.17. The van der Waals surface area contributed by atoms with Crippen LogP contribution in [0.15, 0.2) is 48.5 Å². The topological polar surface area (TPSA) is 49.8 Å². The number of aliphatic hydroxyl groups excluding tert-OH is 1. The van der Waals surface area contributed by atoms with Crippen LogP contribution in [0.3, 0.4) is 0 Å². The predicted molar refractivity (Wildman–Crippen MR) is 79.6 cm³/mol. The summed E-state index contributed by atoms with van der Waals surface area (Å²) < 4.78 is 0. The van der Waals surface area contributed by atoms with Gasteiger partial charge in [-0.15, -0.1) is 0 Å². The summed E-state index contributed by atoms with van der Waals surface area (Å²) in [6, 6.07) is 15.6. The van der Waals surface area contributed by atoms with Gasteiger partial charge in [0.15, 0.2) is 0 Å². The number of rotatable bonds is 2. The van der Waals surface area contributed by atoms with Gasteiger partial charge in [-0.25, -0.2) is 5.06 Å². The summed E-state index contributed by atoms with van der Waals surface area (Å²) in [5, 5.41) is 10.7. The first-order chi connectivity index (χ1) is 10.1. The Kier molecular flexibility index (Phi) is 3.73. The minimum Gasteiger partial charge on any atom is -0.389 e. The summed E-state index contributed by atoms with van der Waals surface area (Å²) in [5.41, 5.74) is 3.80. The summed E-state index contributed by atoms with van der Waals surface area (Å²) in [5.74, 6) is -0.221. The molecule has 4 heteroatoms. The fourth-order valence-electron chi connectivity index (χ4n) is 2.41. The molecule has 0 aromatic heterocycles. The highest BCUT2D eigenvalue weighted by atomic mass is 16.7. The molecule has 0 bridgehead atoms. The molecule has 1 aliphatic heterocycles. The molecule has 1 aliphatic rings. The van der Waals surface area contributed by atoms with Crippen LogP contribution in [0.5, 0.6) is 0 Å². The number of carbonyl (C=O) groups is 1. The molecule has 1 N–H and O–H groups in total. The van der Waals surface area contributed by atoms with Gasteiger partial charge in [0, 0.05) is 5.56 Å². The van der Waals surface area contributed by atoms with E-state index >= 15 is 0 Å². The van der Waals surface area contributed by atoms with Crippen molar-refractivity contribution in [1.82, 2.24) is 5.06 Å². The van der Waals surface area contributed by atoms with E-state index in [0.29, 0.717) is 5.56 Å². The normalized spacial score (nSPS) is 18.0. The van der Waals surface area contributed by atoms with E-state index in [0.717, 1.165) is 11.1 Å². The highest BCUT2D eigenvalue weighted by Crippen LogP contribution is 2.22. The van der Waals surface area contributed by atoms with E-state index in [1.807, 2.05) is 43.3 Å². The number of amides is 1. The summed E-state index contributed by atoms with van der Waals surface area (Å²) in [6.45, 7) is 2.43. The highest BCUT2D eigenvalue weighted by Gasteiger charge is 2.27. The summed E-state index contributed by atoms with van der Waals surface area (Å²) in [6.07, 6.45) is -0.603. The van der Waals surface area contributed by atoms with E-state index in [1.165, 1.54) is 10.6 Å². The molecule has 1 amide bonds. The SMILES string of the molecule is Cc1cccc(-c2cccc(C(=O)N3CC(O)CO3)c2)c1. The van der Waals surface area contributed by atoms with Crippen molar-refractivity contribution < 1.29 is 14.7 Å². The molecular weight excluding hydrogens is 266 g/mol. The smallest absolute Gasteiger partial charge is 0.277 e. The Morgan fingerprint density at radius 3 is 2.57 bits per heavy atom. The van der Waals surface area contributed by atoms with Gasteiger partial charge < -0.3 is 5.11 Å². The second-order valence-corrected chi connectivity index (χ2v) is 5.27. The fourth-order valence-corrected chi connectivity index (χ4v) is 2.41. The van der Waals surface area contributed by atoms with Crippen molar-refractivity contribution in [3.63, 3.8) is 0 Å². The zero-order valence-electron chi connectivity index (χ0n) is 11.8. The van der Waals surface area contributed by atoms with Gasteiger partial charge in [-0.2, -0.15) is 0 Å². The van der Waals surface area contributed by atoms with Crippen LogP contribution in [0.1, 0.15) is 15.9 Å². The van der Waals surface area contributed by atoms with Crippen molar-refractivity contribution in [2.75, 3.05) is 13.2 Å². The molecule has 1 atom stereocenters. The molecule has 1 heterocycles. The van der Waals surface area contributed by atoms with Gasteiger partial charge >= 0.3 is 0 Å². The van der Waals surface area contributed by atoms with Crippen molar-refractivity contribution >= 4 is 5.91 Å². The van der Waals surface area contributed by atoms with E-state index in [9.17, 15) is 9.90 Å². The average molecular weight is 283 g/mol. The van der Waals surface area contributed by atoms with Crippen LogP contribution < -0.4 is 0 Å². The first-order valence-electron chi connectivity index (χ1n) is 6.93. The van der Waals surface area contributed by atoms with Gasteiger partial charge in [-0.3, -0.25) is 9.63 Å². The maximum absolute atomic E-state index is 12.3. The quantitative estimate of drug-likeness (QED) is 0.920. The van der Waals surface area contributed by atoms with Gasteiger partial charge in [0.05, 0.1) is 6.54 Å². The maximum atomic E-state index is 12.3. The Balaban J connectivity index is 1.88. The van der Waals surface area contributed by atoms with Crippen LogP contribution in [0.4, 0.5) is 0 Å². The van der Waals surface area contributed by atoms with Crippen molar-refractivity contribution in [2.45, 2.75) is 13.0 Å². The Morgan fingerprint density at radius 2 is 1.90 bits per heavy atom. The lowest BCUT2D eigenvalue weighted by atomic mass is 10.0. The Labute approximate surface area is 123 Å². The third-order valence-corrected chi connectivity index (χ3v) is 3.49. The molecule has 3 rings (SSSR count). The van der Waals surface area contributed by atoms with Gasteiger partial charge in [0.1, 0.15) is 12.7 Å². The van der Waals surface area contributed by atoms with Crippen molar-refractivity contribution in [3.05, 3.63) is 59.7 Å². The minimum atomic E-state index is -0.603. The number of β-amino-alcohol motifs (C(OH)–C–C–N with tert-alkyl or cyclic N) is 1. The third kappa shape index (κ3) is 2.96. The number of carbonyl (C=O) groups excluding carboxylic acids is 1. The molecule has 0 spiro atoms. The van der Waals surface area contributed by atoms with E-state index < -0.39 is 6.10 Å². The molecule has 0 aliphatic carbocycles. The monoisotopic (exact) mass is 283 g/mol. The maximum Gasteiger partial charge on any atom is 0.277 e. The molecule has 0 saturated carbocycles. The van der Waals surface area contributed by atoms with Gasteiger partial charge in [-0.05, 0) is 30.2 Å². The third-order valence-electron chi connectivity index (χ3n) is 3.49. The zero-order valence-corrected chi connectivity index (χ0v) is 11.8. The van der Waals surface area contributed by atoms with E-state index in [-0.39, 0.29) is 19.1 Å². The van der Waals surface area contributed by atoms with E-state index in [4.69, 9.17) is 4.84 Å². The summed E-state index contributed by atoms with van der Waals surface area (Å²) >= 11 is 0. The summed E-state index contributed by atoms with van der Waals surface area (Å²) in [7, 11) is 0. The molecule has 1 fully saturated rings. The van der Waals surface area contributed by atoms with Crippen LogP contribution in [-0.2, 0) is 4.84 Å². The number of aryl methyl sites for hydroxylation is 1. The second kappa shape index (κ2) is 5.68. The average Bonchev–Trinajstić information content (AvgIpc) is 2.93. The number of hydrogen-bond donors (Lipinski definition) is 1. The molecule has 2 aromatic carbocycles. The zero-order chi connectivity index (χ0) is 14.8. The van der Waals surface area contributed by atoms with Gasteiger partial charge in [0.2, 0.25) is 0 Å². The van der Waals surface area contributed by atoms with Crippen LogP contribution in [0.2, 0.25) is 0 Å². The Bertz CT molecular complexity index is 669. The van der Waals surface area contributed by atoms with Crippen LogP contribution >= 0.6 is 0 Å². The first-order valence-corrected chi connectivity index (χ1v) is 6.93. The highest BCUT2D eigenvalue weighted by molar-refractivity contribution is 5.95. The van der Waals surface area contributed by atoms with E-state index in [1.54, 1.807) is 6.07 Å². The lowest BCUT2D eigenvalue weighted by molar-refractivity contribution is -0.0779. The van der Waals surface area contributed by atoms with Crippen LogP contribution in [-0.4, -0.2) is 35.3 Å². The first kappa shape index (κ1) is 13.8. The number of benzene rings is 2. The molecule has 0 radical (unpaired) electrons. The van der Waals surface area contributed by atoms with E-state index in [2.05, 4.69) is 6.07 Å². The number of aliphatic hydroxyl groups is 1. The molecule has 1 saturated heterocycles. The number of hydrogen-bond acceptors (Lipinski definition) is 3.